The summed E-state index contributed by atoms with van der Waals surface area (Å²) >= 11 is 5.94. The molecule has 0 saturated heterocycles. The fourth-order valence-electron chi connectivity index (χ4n) is 1.87. The first kappa shape index (κ1) is 14.2. The molecule has 0 bridgehead atoms. The number of methoxy groups -OCH3 is 2. The van der Waals surface area contributed by atoms with Crippen LogP contribution in [-0.4, -0.2) is 20.0 Å². The Hall–Kier alpha value is -2.20. The summed E-state index contributed by atoms with van der Waals surface area (Å²) in [5, 5.41) is 0.469. The molecule has 0 atom stereocenters. The second-order valence-electron chi connectivity index (χ2n) is 4.13. The van der Waals surface area contributed by atoms with Crippen LogP contribution in [0.1, 0.15) is 15.9 Å². The van der Waals surface area contributed by atoms with Gasteiger partial charge < -0.3 is 15.2 Å². The number of anilines is 1. The van der Waals surface area contributed by atoms with Crippen LogP contribution in [0.4, 0.5) is 5.69 Å². The minimum absolute atomic E-state index is 0.206. The van der Waals surface area contributed by atoms with Crippen molar-refractivity contribution in [2.24, 2.45) is 0 Å². The highest BCUT2D eigenvalue weighted by Crippen LogP contribution is 2.28. The van der Waals surface area contributed by atoms with E-state index in [1.165, 1.54) is 14.2 Å². The monoisotopic (exact) mass is 291 g/mol. The van der Waals surface area contributed by atoms with E-state index in [1.807, 2.05) is 0 Å². The standard InChI is InChI=1S/C15H14ClNO3/c1-19-13-6-4-10(16)8-11(13)15(18)9-3-5-12(17)14(7-9)20-2/h3-8H,17H2,1-2H3. The van der Waals surface area contributed by atoms with E-state index in [2.05, 4.69) is 0 Å². The summed E-state index contributed by atoms with van der Waals surface area (Å²) in [5.41, 5.74) is 7.06. The van der Waals surface area contributed by atoms with Gasteiger partial charge in [-0.1, -0.05) is 11.6 Å². The Bertz CT molecular complexity index is 656. The van der Waals surface area contributed by atoms with Crippen LogP contribution in [-0.2, 0) is 0 Å². The van der Waals surface area contributed by atoms with E-state index in [9.17, 15) is 4.79 Å². The first-order valence-corrected chi connectivity index (χ1v) is 6.26. The van der Waals surface area contributed by atoms with Crippen LogP contribution in [0.15, 0.2) is 36.4 Å². The van der Waals surface area contributed by atoms with E-state index in [-0.39, 0.29) is 5.78 Å². The molecule has 20 heavy (non-hydrogen) atoms. The second kappa shape index (κ2) is 5.84. The maximum Gasteiger partial charge on any atom is 0.196 e. The number of ketones is 1. The lowest BCUT2D eigenvalue weighted by Crippen LogP contribution is -2.05. The van der Waals surface area contributed by atoms with Crippen LogP contribution in [0.2, 0.25) is 5.02 Å². The Morgan fingerprint density at radius 3 is 2.40 bits per heavy atom. The third-order valence-corrected chi connectivity index (χ3v) is 3.14. The molecule has 0 saturated carbocycles. The van der Waals surface area contributed by atoms with E-state index in [1.54, 1.807) is 36.4 Å². The highest BCUT2D eigenvalue weighted by Gasteiger charge is 2.16. The van der Waals surface area contributed by atoms with Gasteiger partial charge in [-0.25, -0.2) is 0 Å². The van der Waals surface area contributed by atoms with Crippen LogP contribution < -0.4 is 15.2 Å². The molecule has 4 nitrogen and oxygen atoms in total. The van der Waals surface area contributed by atoms with Gasteiger partial charge in [-0.2, -0.15) is 0 Å². The number of rotatable bonds is 4. The lowest BCUT2D eigenvalue weighted by atomic mass is 10.0. The first-order valence-electron chi connectivity index (χ1n) is 5.88. The quantitative estimate of drug-likeness (QED) is 0.694. The van der Waals surface area contributed by atoms with Gasteiger partial charge in [0.25, 0.3) is 0 Å². The van der Waals surface area contributed by atoms with Crippen molar-refractivity contribution in [3.8, 4) is 11.5 Å². The van der Waals surface area contributed by atoms with Crippen molar-refractivity contribution in [3.05, 3.63) is 52.5 Å². The van der Waals surface area contributed by atoms with Crippen molar-refractivity contribution < 1.29 is 14.3 Å². The van der Waals surface area contributed by atoms with Gasteiger partial charge in [-0.15, -0.1) is 0 Å². The van der Waals surface area contributed by atoms with Gasteiger partial charge >= 0.3 is 0 Å². The zero-order chi connectivity index (χ0) is 14.7. The zero-order valence-corrected chi connectivity index (χ0v) is 11.9. The zero-order valence-electron chi connectivity index (χ0n) is 11.1. The van der Waals surface area contributed by atoms with Gasteiger partial charge in [0.2, 0.25) is 0 Å². The SMILES string of the molecule is COc1cc(C(=O)c2cc(Cl)ccc2OC)ccc1N. The molecule has 0 radical (unpaired) electrons. The van der Waals surface area contributed by atoms with Gasteiger partial charge in [0.1, 0.15) is 11.5 Å². The summed E-state index contributed by atoms with van der Waals surface area (Å²) in [5.74, 6) is 0.717. The average molecular weight is 292 g/mol. The highest BCUT2D eigenvalue weighted by atomic mass is 35.5. The molecule has 2 aromatic rings. The maximum atomic E-state index is 12.5. The molecule has 0 spiro atoms. The van der Waals surface area contributed by atoms with E-state index in [4.69, 9.17) is 26.8 Å². The molecule has 0 heterocycles. The molecule has 2 N–H and O–H groups in total. The molecule has 0 aliphatic rings. The van der Waals surface area contributed by atoms with Crippen molar-refractivity contribution in [3.63, 3.8) is 0 Å². The Morgan fingerprint density at radius 1 is 1.05 bits per heavy atom. The maximum absolute atomic E-state index is 12.5. The normalized spacial score (nSPS) is 10.2. The van der Waals surface area contributed by atoms with Crippen LogP contribution in [0.3, 0.4) is 0 Å². The number of carbonyl (C=O) groups excluding carboxylic acids is 1. The predicted octanol–water partition coefficient (Wildman–Crippen LogP) is 3.17. The minimum atomic E-state index is -0.206. The number of nitrogens with two attached hydrogens (primary N) is 1. The molecule has 0 aliphatic heterocycles. The van der Waals surface area contributed by atoms with E-state index in [0.29, 0.717) is 33.3 Å². The number of halogens is 1. The molecule has 5 heteroatoms. The third-order valence-electron chi connectivity index (χ3n) is 2.90. The molecule has 0 unspecified atom stereocenters. The molecule has 104 valence electrons. The van der Waals surface area contributed by atoms with Crippen molar-refractivity contribution in [1.29, 1.82) is 0 Å². The molecule has 2 aromatic carbocycles. The van der Waals surface area contributed by atoms with Gasteiger partial charge in [-0.05, 0) is 36.4 Å². The van der Waals surface area contributed by atoms with Gasteiger partial charge in [0.05, 0.1) is 25.5 Å². The van der Waals surface area contributed by atoms with Crippen molar-refractivity contribution in [2.75, 3.05) is 20.0 Å². The number of carbonyl (C=O) groups is 1. The Morgan fingerprint density at radius 2 is 1.75 bits per heavy atom. The third kappa shape index (κ3) is 2.70. The van der Waals surface area contributed by atoms with Gasteiger partial charge in [0.15, 0.2) is 5.78 Å². The lowest BCUT2D eigenvalue weighted by Gasteiger charge is -2.10. The molecule has 0 aliphatic carbocycles. The number of hydrogen-bond acceptors (Lipinski definition) is 4. The molecular formula is C15H14ClNO3. The first-order chi connectivity index (χ1) is 9.56. The van der Waals surface area contributed by atoms with E-state index >= 15 is 0 Å². The summed E-state index contributed by atoms with van der Waals surface area (Å²) < 4.78 is 10.3. The Kier molecular flexibility index (Phi) is 4.15. The molecule has 0 fully saturated rings. The molecule has 0 aromatic heterocycles. The van der Waals surface area contributed by atoms with Gasteiger partial charge in [0, 0.05) is 10.6 Å². The molecular weight excluding hydrogens is 278 g/mol. The summed E-state index contributed by atoms with van der Waals surface area (Å²) in [7, 11) is 3.00. The summed E-state index contributed by atoms with van der Waals surface area (Å²) in [6.07, 6.45) is 0. The number of ether oxygens (including phenoxy) is 2. The predicted molar refractivity (Wildman–Crippen MR) is 78.8 cm³/mol. The number of benzene rings is 2. The molecule has 0 amide bonds. The largest absolute Gasteiger partial charge is 0.496 e. The fraction of sp³-hybridized carbons (Fsp3) is 0.133. The van der Waals surface area contributed by atoms with Crippen molar-refractivity contribution >= 4 is 23.1 Å². The molecule has 2 rings (SSSR count). The van der Waals surface area contributed by atoms with Crippen molar-refractivity contribution in [2.45, 2.75) is 0 Å². The van der Waals surface area contributed by atoms with Crippen LogP contribution in [0.5, 0.6) is 11.5 Å². The van der Waals surface area contributed by atoms with Gasteiger partial charge in [-0.3, -0.25) is 4.79 Å². The van der Waals surface area contributed by atoms with E-state index in [0.717, 1.165) is 0 Å². The fourth-order valence-corrected chi connectivity index (χ4v) is 2.04. The Labute approximate surface area is 122 Å². The summed E-state index contributed by atoms with van der Waals surface area (Å²) in [6.45, 7) is 0. The van der Waals surface area contributed by atoms with E-state index < -0.39 is 0 Å². The van der Waals surface area contributed by atoms with Crippen LogP contribution in [0.25, 0.3) is 0 Å². The highest BCUT2D eigenvalue weighted by molar-refractivity contribution is 6.31. The Balaban J connectivity index is 2.48. The van der Waals surface area contributed by atoms with Crippen LogP contribution in [0, 0.1) is 0 Å². The lowest BCUT2D eigenvalue weighted by molar-refractivity contribution is 0.103. The second-order valence-corrected chi connectivity index (χ2v) is 4.57. The minimum Gasteiger partial charge on any atom is -0.496 e. The average Bonchev–Trinajstić information content (AvgIpc) is 2.47. The number of hydrogen-bond donors (Lipinski definition) is 1. The summed E-state index contributed by atoms with van der Waals surface area (Å²) in [6, 6.07) is 9.76. The van der Waals surface area contributed by atoms with Crippen molar-refractivity contribution in [1.82, 2.24) is 0 Å². The summed E-state index contributed by atoms with van der Waals surface area (Å²) in [4.78, 5) is 12.5. The van der Waals surface area contributed by atoms with Crippen LogP contribution >= 0.6 is 11.6 Å². The smallest absolute Gasteiger partial charge is 0.196 e. The topological polar surface area (TPSA) is 61.5 Å². The number of nitrogen functional groups attached to an aromatic ring is 1.